The quantitative estimate of drug-likeness (QED) is 0.151. The van der Waals surface area contributed by atoms with Crippen LogP contribution in [0.2, 0.25) is 0 Å². The number of rotatable bonds is 13. The third-order valence-electron chi connectivity index (χ3n) is 10.3. The Morgan fingerprint density at radius 3 is 1.62 bits per heavy atom. The molecular formula is C42H43BrF2N8O8. The zero-order valence-corrected chi connectivity index (χ0v) is 35.0. The third-order valence-corrected chi connectivity index (χ3v) is 11.0. The van der Waals surface area contributed by atoms with E-state index in [0.717, 1.165) is 28.5 Å². The molecule has 2 aromatic heterocycles. The van der Waals surface area contributed by atoms with Crippen molar-refractivity contribution in [1.29, 1.82) is 0 Å². The molecule has 2 aromatic carbocycles. The monoisotopic (exact) mass is 904 g/mol. The van der Waals surface area contributed by atoms with E-state index in [1.165, 1.54) is 4.68 Å². The van der Waals surface area contributed by atoms with Crippen LogP contribution in [0.15, 0.2) is 84.7 Å². The van der Waals surface area contributed by atoms with Gasteiger partial charge in [-0.05, 0) is 35.4 Å². The van der Waals surface area contributed by atoms with E-state index in [9.17, 15) is 37.5 Å². The van der Waals surface area contributed by atoms with Crippen LogP contribution in [-0.2, 0) is 28.9 Å². The first-order valence-corrected chi connectivity index (χ1v) is 20.3. The molecule has 0 aliphatic carbocycles. The molecule has 61 heavy (non-hydrogen) atoms. The summed E-state index contributed by atoms with van der Waals surface area (Å²) in [5, 5.41) is 11.4. The van der Waals surface area contributed by atoms with Crippen molar-refractivity contribution in [2.75, 3.05) is 72.0 Å². The van der Waals surface area contributed by atoms with Crippen LogP contribution in [0, 0.1) is 0 Å². The molecule has 4 aliphatic heterocycles. The largest absolute Gasteiger partial charge is 0.383 e. The minimum Gasteiger partial charge on any atom is -0.383 e. The first-order chi connectivity index (χ1) is 29.5. The number of aromatic nitrogens is 4. The number of carbonyl (C=O) groups excluding carboxylic acids is 6. The number of benzene rings is 2. The lowest BCUT2D eigenvalue weighted by Gasteiger charge is -2.25. The van der Waals surface area contributed by atoms with Gasteiger partial charge in [0.2, 0.25) is 0 Å². The number of alkyl halides is 1. The van der Waals surface area contributed by atoms with Gasteiger partial charge in [0.05, 0.1) is 90.8 Å². The van der Waals surface area contributed by atoms with Crippen molar-refractivity contribution in [3.8, 4) is 0 Å². The topological polar surface area (TPSA) is 180 Å². The molecule has 6 heterocycles. The van der Waals surface area contributed by atoms with Crippen LogP contribution in [0.3, 0.4) is 0 Å². The van der Waals surface area contributed by atoms with E-state index in [0.29, 0.717) is 96.6 Å². The van der Waals surface area contributed by atoms with E-state index >= 15 is 0 Å². The van der Waals surface area contributed by atoms with E-state index in [4.69, 9.17) is 9.47 Å². The van der Waals surface area contributed by atoms with Crippen LogP contribution in [-0.4, -0.2) is 147 Å². The Bertz CT molecular complexity index is 2310. The SMILES string of the molecule is COCCN1CCc2[nH]ncc2C1=O.COCCN1CCc2nn(C/C(=C/F)CN3C(=O)c4ccccc4C3=O)cc2C1=O.O=C1c2ccccc2C(=O)N1C/C(=C\F)CBr. The highest BCUT2D eigenvalue weighted by molar-refractivity contribution is 9.09. The van der Waals surface area contributed by atoms with Crippen molar-refractivity contribution in [3.05, 3.63) is 129 Å². The maximum atomic E-state index is 13.6. The van der Waals surface area contributed by atoms with Crippen LogP contribution in [0.5, 0.6) is 0 Å². The lowest BCUT2D eigenvalue weighted by Crippen LogP contribution is -2.39. The van der Waals surface area contributed by atoms with Gasteiger partial charge in [0.1, 0.15) is 0 Å². The molecule has 0 fully saturated rings. The molecule has 4 aliphatic rings. The van der Waals surface area contributed by atoms with E-state index in [-0.39, 0.29) is 54.2 Å². The smallest absolute Gasteiger partial charge is 0.261 e. The van der Waals surface area contributed by atoms with Crippen LogP contribution in [0.4, 0.5) is 8.78 Å². The summed E-state index contributed by atoms with van der Waals surface area (Å²) in [4.78, 5) is 78.8. The molecule has 0 saturated heterocycles. The van der Waals surface area contributed by atoms with Crippen molar-refractivity contribution in [3.63, 3.8) is 0 Å². The first-order valence-electron chi connectivity index (χ1n) is 19.2. The fourth-order valence-electron chi connectivity index (χ4n) is 7.06. The fourth-order valence-corrected chi connectivity index (χ4v) is 7.36. The third kappa shape index (κ3) is 9.74. The Labute approximate surface area is 357 Å². The molecule has 0 radical (unpaired) electrons. The standard InChI is InChI=1S/C21H21FN4O4.C12H9BrFNO2.C9H13N3O2/c1-30-9-8-24-7-6-18-17(19(24)27)13-25(23-18)11-14(10-22)12-26-20(28)15-4-2-3-5-16(15)21(26)29;13-5-8(6-14)7-15-11(16)9-3-1-2-4-10(9)12(15)17;1-14-5-4-12-3-2-8-7(9(12)13)6-10-11-8/h2-5,10,13H,6-9,11-12H2,1H3;1-4,6H,5,7H2;6H,2-5H2,1H3,(H,10,11)/b14-10-;8-6-;. The molecule has 4 aromatic rings. The lowest BCUT2D eigenvalue weighted by molar-refractivity contribution is 0.0651. The van der Waals surface area contributed by atoms with Crippen molar-refractivity contribution >= 4 is 51.4 Å². The number of halogens is 3. The van der Waals surface area contributed by atoms with Crippen LogP contribution in [0.25, 0.3) is 0 Å². The molecule has 19 heteroatoms. The lowest BCUT2D eigenvalue weighted by atomic mass is 10.1. The minimum absolute atomic E-state index is 0.0197. The molecular weight excluding hydrogens is 862 g/mol. The maximum absolute atomic E-state index is 13.6. The van der Waals surface area contributed by atoms with Crippen molar-refractivity contribution in [2.45, 2.75) is 19.4 Å². The number of hydrogen-bond donors (Lipinski definition) is 1. The summed E-state index contributed by atoms with van der Waals surface area (Å²) < 4.78 is 37.5. The summed E-state index contributed by atoms with van der Waals surface area (Å²) in [7, 11) is 3.22. The van der Waals surface area contributed by atoms with Crippen molar-refractivity contribution < 1.29 is 47.0 Å². The predicted molar refractivity (Wildman–Crippen MR) is 220 cm³/mol. The second kappa shape index (κ2) is 20.4. The average Bonchev–Trinajstić information content (AvgIpc) is 4.05. The zero-order chi connectivity index (χ0) is 43.6. The van der Waals surface area contributed by atoms with Gasteiger partial charge < -0.3 is 19.3 Å². The summed E-state index contributed by atoms with van der Waals surface area (Å²) in [5.74, 6) is -1.71. The molecule has 16 nitrogen and oxygen atoms in total. The van der Waals surface area contributed by atoms with Crippen molar-refractivity contribution in [1.82, 2.24) is 39.6 Å². The maximum Gasteiger partial charge on any atom is 0.261 e. The summed E-state index contributed by atoms with van der Waals surface area (Å²) >= 11 is 3.10. The van der Waals surface area contributed by atoms with Crippen LogP contribution < -0.4 is 0 Å². The Balaban J connectivity index is 0.000000169. The number of ether oxygens (including phenoxy) is 2. The second-order valence-corrected chi connectivity index (χ2v) is 14.7. The molecule has 8 rings (SSSR count). The summed E-state index contributed by atoms with van der Waals surface area (Å²) in [5.41, 5.74) is 4.73. The number of hydrogen-bond acceptors (Lipinski definition) is 10. The van der Waals surface area contributed by atoms with Gasteiger partial charge in [-0.25, -0.2) is 8.78 Å². The number of amides is 6. The van der Waals surface area contributed by atoms with E-state index in [2.05, 4.69) is 31.2 Å². The minimum atomic E-state index is -0.446. The van der Waals surface area contributed by atoms with Gasteiger partial charge in [0.25, 0.3) is 35.4 Å². The Kier molecular flexibility index (Phi) is 14.8. The molecule has 0 unspecified atom stereocenters. The highest BCUT2D eigenvalue weighted by atomic mass is 79.9. The fraction of sp³-hybridized carbons (Fsp3) is 0.333. The number of nitrogens with one attached hydrogen (secondary N) is 1. The normalized spacial score (nSPS) is 16.0. The highest BCUT2D eigenvalue weighted by Crippen LogP contribution is 2.26. The van der Waals surface area contributed by atoms with E-state index < -0.39 is 11.8 Å². The van der Waals surface area contributed by atoms with Gasteiger partial charge in [-0.2, -0.15) is 10.2 Å². The van der Waals surface area contributed by atoms with Crippen LogP contribution in [0.1, 0.15) is 73.5 Å². The summed E-state index contributed by atoms with van der Waals surface area (Å²) in [6.45, 7) is 3.31. The molecule has 6 amide bonds. The number of imide groups is 2. The number of fused-ring (bicyclic) bond motifs is 4. The Morgan fingerprint density at radius 1 is 0.672 bits per heavy atom. The number of nitrogens with zero attached hydrogens (tertiary/aromatic N) is 7. The number of carbonyl (C=O) groups is 6. The van der Waals surface area contributed by atoms with Gasteiger partial charge >= 0.3 is 0 Å². The van der Waals surface area contributed by atoms with E-state index in [1.54, 1.807) is 84.9 Å². The van der Waals surface area contributed by atoms with Gasteiger partial charge in [-0.15, -0.1) is 0 Å². The van der Waals surface area contributed by atoms with E-state index in [1.807, 2.05) is 0 Å². The van der Waals surface area contributed by atoms with Gasteiger partial charge in [0, 0.05) is 70.5 Å². The number of aromatic amines is 1. The van der Waals surface area contributed by atoms with Gasteiger partial charge in [0.15, 0.2) is 0 Å². The molecule has 0 bridgehead atoms. The molecule has 0 atom stereocenters. The average molecular weight is 906 g/mol. The predicted octanol–water partition coefficient (Wildman–Crippen LogP) is 4.26. The molecule has 320 valence electrons. The second-order valence-electron chi connectivity index (χ2n) is 14.2. The first kappa shape index (κ1) is 44.4. The van der Waals surface area contributed by atoms with Gasteiger partial charge in [-0.3, -0.25) is 48.3 Å². The number of methoxy groups -OCH3 is 2. The summed E-state index contributed by atoms with van der Waals surface area (Å²) in [6.07, 6.45) is 5.43. The summed E-state index contributed by atoms with van der Waals surface area (Å²) in [6, 6.07) is 13.1. The highest BCUT2D eigenvalue weighted by Gasteiger charge is 2.37. The molecule has 0 spiro atoms. The van der Waals surface area contributed by atoms with Crippen LogP contribution >= 0.6 is 15.9 Å². The molecule has 1 N–H and O–H groups in total. The Hall–Kier alpha value is -6.18. The Morgan fingerprint density at radius 2 is 1.15 bits per heavy atom. The number of H-pyrrole nitrogens is 1. The van der Waals surface area contributed by atoms with Gasteiger partial charge in [-0.1, -0.05) is 40.2 Å². The van der Waals surface area contributed by atoms with Crippen molar-refractivity contribution in [2.24, 2.45) is 0 Å². The zero-order valence-electron chi connectivity index (χ0n) is 33.4. The molecule has 0 saturated carbocycles.